The van der Waals surface area contributed by atoms with E-state index in [2.05, 4.69) is 17.7 Å². The Morgan fingerprint density at radius 2 is 1.74 bits per heavy atom. The summed E-state index contributed by atoms with van der Waals surface area (Å²) in [6.07, 6.45) is 13.3. The number of ketones is 1. The lowest BCUT2D eigenvalue weighted by molar-refractivity contribution is -0.143. The molecule has 1 atom stereocenters. The topological polar surface area (TPSA) is 72.9 Å². The van der Waals surface area contributed by atoms with Crippen molar-refractivity contribution in [3.05, 3.63) is 23.3 Å². The van der Waals surface area contributed by atoms with Crippen LogP contribution in [0.2, 0.25) is 0 Å². The average Bonchev–Trinajstić information content (AvgIpc) is 2.76. The van der Waals surface area contributed by atoms with Crippen molar-refractivity contribution in [2.24, 2.45) is 0 Å². The Morgan fingerprint density at radius 3 is 2.35 bits per heavy atom. The number of carbonyl (C=O) groups excluding carboxylic acids is 3. The summed E-state index contributed by atoms with van der Waals surface area (Å²) in [5, 5.41) is 0. The van der Waals surface area contributed by atoms with Gasteiger partial charge in [-0.25, -0.2) is 0 Å². The maximum absolute atomic E-state index is 12.3. The molecule has 0 aliphatic rings. The zero-order valence-electron chi connectivity index (χ0n) is 19.7. The van der Waals surface area contributed by atoms with Crippen molar-refractivity contribution in [1.29, 1.82) is 0 Å². The van der Waals surface area contributed by atoms with Crippen LogP contribution in [0.1, 0.15) is 77.6 Å². The number of Topliss-reactive ketones (excluding diaryl/α,β-unsaturated/α-hetero) is 1. The first-order valence-electron chi connectivity index (χ1n) is 11.2. The van der Waals surface area contributed by atoms with Gasteiger partial charge in [0.25, 0.3) is 0 Å². The predicted octanol–water partition coefficient (Wildman–Crippen LogP) is 5.19. The second-order valence-corrected chi connectivity index (χ2v) is 8.01. The summed E-state index contributed by atoms with van der Waals surface area (Å²) < 4.78 is 10.0. The summed E-state index contributed by atoms with van der Waals surface area (Å²) in [6.45, 7) is 2.47. The van der Waals surface area contributed by atoms with Crippen molar-refractivity contribution in [3.8, 4) is 0 Å². The summed E-state index contributed by atoms with van der Waals surface area (Å²) in [5.74, 6) is -0.900. The van der Waals surface area contributed by atoms with E-state index >= 15 is 0 Å². The van der Waals surface area contributed by atoms with E-state index in [9.17, 15) is 14.4 Å². The molecule has 7 heteroatoms. The monoisotopic (exact) mass is 457 g/mol. The molecule has 0 saturated heterocycles. The molecular formula is C24H40ClNO5. The Labute approximate surface area is 193 Å². The van der Waals surface area contributed by atoms with E-state index in [1.54, 1.807) is 19.1 Å². The maximum Gasteiger partial charge on any atom is 0.313 e. The molecule has 0 heterocycles. The number of unbranched alkanes of at least 4 members (excludes halogenated alkanes) is 4. The van der Waals surface area contributed by atoms with Gasteiger partial charge in [-0.1, -0.05) is 62.8 Å². The molecule has 0 N–H and O–H groups in total. The van der Waals surface area contributed by atoms with Crippen LogP contribution in [0.4, 0.5) is 0 Å². The lowest BCUT2D eigenvalue weighted by Crippen LogP contribution is -2.29. The van der Waals surface area contributed by atoms with E-state index < -0.39 is 5.97 Å². The van der Waals surface area contributed by atoms with Crippen LogP contribution in [-0.4, -0.2) is 56.5 Å². The number of allylic oxidation sites excluding steroid dienone is 1. The first-order chi connectivity index (χ1) is 14.9. The van der Waals surface area contributed by atoms with Crippen molar-refractivity contribution in [2.45, 2.75) is 83.7 Å². The molecular weight excluding hydrogens is 418 g/mol. The van der Waals surface area contributed by atoms with Gasteiger partial charge in [0.15, 0.2) is 0 Å². The Bertz CT molecular complexity index is 589. The highest BCUT2D eigenvalue weighted by Crippen LogP contribution is 2.13. The number of hydrogen-bond acceptors (Lipinski definition) is 5. The van der Waals surface area contributed by atoms with E-state index in [0.717, 1.165) is 12.8 Å². The second-order valence-electron chi connectivity index (χ2n) is 7.79. The number of esters is 1. The summed E-state index contributed by atoms with van der Waals surface area (Å²) >= 11 is 5.79. The smallest absolute Gasteiger partial charge is 0.313 e. The van der Waals surface area contributed by atoms with Gasteiger partial charge in [0.2, 0.25) is 5.91 Å². The van der Waals surface area contributed by atoms with Crippen LogP contribution >= 0.6 is 11.6 Å². The molecule has 0 bridgehead atoms. The predicted molar refractivity (Wildman–Crippen MR) is 125 cm³/mol. The SMILES string of the molecule is CCCCCCCC(CC=CCCC(=O)N(C)CC(=CCl)CC(=O)CC(=O)OC)OC. The molecule has 0 aromatic rings. The molecule has 0 saturated carbocycles. The van der Waals surface area contributed by atoms with Gasteiger partial charge >= 0.3 is 5.97 Å². The van der Waals surface area contributed by atoms with E-state index in [1.807, 2.05) is 6.08 Å². The van der Waals surface area contributed by atoms with Crippen LogP contribution in [-0.2, 0) is 23.9 Å². The highest BCUT2D eigenvalue weighted by molar-refractivity contribution is 6.26. The third-order valence-electron chi connectivity index (χ3n) is 5.07. The fraction of sp³-hybridized carbons (Fsp3) is 0.708. The van der Waals surface area contributed by atoms with Crippen LogP contribution in [0.25, 0.3) is 0 Å². The van der Waals surface area contributed by atoms with Crippen molar-refractivity contribution < 1.29 is 23.9 Å². The molecule has 0 radical (unpaired) electrons. The van der Waals surface area contributed by atoms with Gasteiger partial charge in [-0.05, 0) is 24.8 Å². The van der Waals surface area contributed by atoms with Crippen LogP contribution in [0.5, 0.6) is 0 Å². The second kappa shape index (κ2) is 19.1. The van der Waals surface area contributed by atoms with Gasteiger partial charge in [0.05, 0.1) is 13.2 Å². The van der Waals surface area contributed by atoms with Gasteiger partial charge in [0, 0.05) is 39.1 Å². The number of halogens is 1. The zero-order chi connectivity index (χ0) is 23.5. The normalized spacial score (nSPS) is 12.7. The lowest BCUT2D eigenvalue weighted by atomic mass is 10.1. The fourth-order valence-corrected chi connectivity index (χ4v) is 3.29. The van der Waals surface area contributed by atoms with Gasteiger partial charge < -0.3 is 14.4 Å². The third-order valence-corrected chi connectivity index (χ3v) is 5.38. The number of hydrogen-bond donors (Lipinski definition) is 0. The highest BCUT2D eigenvalue weighted by atomic mass is 35.5. The summed E-state index contributed by atoms with van der Waals surface area (Å²) in [6, 6.07) is 0. The Hall–Kier alpha value is -1.66. The zero-order valence-corrected chi connectivity index (χ0v) is 20.4. The molecule has 31 heavy (non-hydrogen) atoms. The standard InChI is InChI=1S/C24H40ClNO5/c1-5-6-7-8-10-13-22(30-3)14-11-9-12-15-23(28)26(2)19-20(18-25)16-21(27)17-24(29)31-4/h9,11,18,22H,5-8,10,12-17,19H2,1-4H3. The van der Waals surface area contributed by atoms with E-state index in [1.165, 1.54) is 44.7 Å². The maximum atomic E-state index is 12.3. The minimum atomic E-state index is -0.581. The van der Waals surface area contributed by atoms with Gasteiger partial charge in [-0.15, -0.1) is 0 Å². The summed E-state index contributed by atoms with van der Waals surface area (Å²) in [7, 11) is 4.66. The van der Waals surface area contributed by atoms with Crippen LogP contribution < -0.4 is 0 Å². The van der Waals surface area contributed by atoms with Crippen molar-refractivity contribution in [2.75, 3.05) is 27.8 Å². The Balaban J connectivity index is 4.20. The molecule has 0 aromatic carbocycles. The first kappa shape index (κ1) is 29.3. The van der Waals surface area contributed by atoms with Crippen molar-refractivity contribution in [1.82, 2.24) is 4.90 Å². The lowest BCUT2D eigenvalue weighted by Gasteiger charge is -2.18. The van der Waals surface area contributed by atoms with Crippen LogP contribution in [0.15, 0.2) is 23.3 Å². The minimum Gasteiger partial charge on any atom is -0.469 e. The van der Waals surface area contributed by atoms with E-state index in [4.69, 9.17) is 16.3 Å². The number of carbonyl (C=O) groups is 3. The number of methoxy groups -OCH3 is 2. The Kier molecular flexibility index (Phi) is 18.0. The molecule has 1 amide bonds. The number of amides is 1. The van der Waals surface area contributed by atoms with E-state index in [-0.39, 0.29) is 37.2 Å². The number of likely N-dealkylation sites (N-methyl/N-ethyl adjacent to an activating group) is 1. The molecule has 178 valence electrons. The van der Waals surface area contributed by atoms with Crippen molar-refractivity contribution in [3.63, 3.8) is 0 Å². The fourth-order valence-electron chi connectivity index (χ4n) is 3.14. The largest absolute Gasteiger partial charge is 0.469 e. The highest BCUT2D eigenvalue weighted by Gasteiger charge is 2.15. The molecule has 0 spiro atoms. The molecule has 1 unspecified atom stereocenters. The van der Waals surface area contributed by atoms with Gasteiger partial charge in [0.1, 0.15) is 12.2 Å². The number of ether oxygens (including phenoxy) is 2. The molecule has 0 aromatic heterocycles. The number of rotatable bonds is 18. The quantitative estimate of drug-likeness (QED) is 0.122. The van der Waals surface area contributed by atoms with Crippen LogP contribution in [0.3, 0.4) is 0 Å². The van der Waals surface area contributed by atoms with Crippen molar-refractivity contribution >= 4 is 29.3 Å². The molecule has 0 fully saturated rings. The first-order valence-corrected chi connectivity index (χ1v) is 11.6. The summed E-state index contributed by atoms with van der Waals surface area (Å²) in [4.78, 5) is 36.9. The molecule has 0 aliphatic heterocycles. The minimum absolute atomic E-state index is 0.0208. The third kappa shape index (κ3) is 15.7. The molecule has 6 nitrogen and oxygen atoms in total. The molecule has 0 aliphatic carbocycles. The molecule has 0 rings (SSSR count). The van der Waals surface area contributed by atoms with Gasteiger partial charge in [-0.2, -0.15) is 0 Å². The Morgan fingerprint density at radius 1 is 1.03 bits per heavy atom. The van der Waals surface area contributed by atoms with Crippen LogP contribution in [0, 0.1) is 0 Å². The summed E-state index contributed by atoms with van der Waals surface area (Å²) in [5.41, 5.74) is 1.88. The van der Waals surface area contributed by atoms with E-state index in [0.29, 0.717) is 18.4 Å². The average molecular weight is 458 g/mol. The van der Waals surface area contributed by atoms with Gasteiger partial charge in [-0.3, -0.25) is 14.4 Å². The number of nitrogens with zero attached hydrogens (tertiary/aromatic N) is 1.